The number of aryl methyl sites for hydroxylation is 2. The van der Waals surface area contributed by atoms with Crippen molar-refractivity contribution in [3.05, 3.63) is 59.7 Å². The fourth-order valence-corrected chi connectivity index (χ4v) is 2.07. The lowest BCUT2D eigenvalue weighted by Crippen LogP contribution is -2.19. The molecule has 0 aromatic heterocycles. The molecule has 3 nitrogen and oxygen atoms in total. The lowest BCUT2D eigenvalue weighted by molar-refractivity contribution is 0.262. The molecule has 110 valence electrons. The Morgan fingerprint density at radius 2 is 1.43 bits per heavy atom. The Hall–Kier alpha value is -2.29. The molecule has 3 heteroatoms. The van der Waals surface area contributed by atoms with E-state index < -0.39 is 0 Å². The maximum atomic E-state index is 11.9. The van der Waals surface area contributed by atoms with Crippen molar-refractivity contribution in [1.29, 1.82) is 0 Å². The van der Waals surface area contributed by atoms with Crippen molar-refractivity contribution in [3.8, 4) is 0 Å². The fourth-order valence-electron chi connectivity index (χ4n) is 2.07. The van der Waals surface area contributed by atoms with Crippen LogP contribution in [0.25, 0.3) is 0 Å². The number of urea groups is 1. The zero-order valence-electron chi connectivity index (χ0n) is 12.6. The maximum Gasteiger partial charge on any atom is 0.323 e. The van der Waals surface area contributed by atoms with Gasteiger partial charge in [0.05, 0.1) is 0 Å². The molecular formula is C18H22N2O. The average Bonchev–Trinajstić information content (AvgIpc) is 2.49. The minimum atomic E-state index is -0.222. The summed E-state index contributed by atoms with van der Waals surface area (Å²) >= 11 is 0. The van der Waals surface area contributed by atoms with E-state index in [4.69, 9.17) is 0 Å². The molecule has 0 unspecified atom stereocenters. The van der Waals surface area contributed by atoms with E-state index in [1.165, 1.54) is 24.0 Å². The molecule has 2 amide bonds. The topological polar surface area (TPSA) is 41.1 Å². The van der Waals surface area contributed by atoms with Gasteiger partial charge in [0.2, 0.25) is 0 Å². The van der Waals surface area contributed by atoms with Gasteiger partial charge >= 0.3 is 6.03 Å². The third kappa shape index (κ3) is 4.95. The van der Waals surface area contributed by atoms with Crippen LogP contribution >= 0.6 is 0 Å². The molecule has 0 radical (unpaired) electrons. The summed E-state index contributed by atoms with van der Waals surface area (Å²) in [6.07, 6.45) is 3.48. The van der Waals surface area contributed by atoms with Crippen molar-refractivity contribution in [2.75, 3.05) is 10.6 Å². The largest absolute Gasteiger partial charge is 0.323 e. The Kier molecular flexibility index (Phi) is 5.38. The van der Waals surface area contributed by atoms with Crippen LogP contribution in [0.15, 0.2) is 48.5 Å². The zero-order valence-corrected chi connectivity index (χ0v) is 12.6. The smallest absolute Gasteiger partial charge is 0.308 e. The van der Waals surface area contributed by atoms with Crippen LogP contribution in [0, 0.1) is 6.92 Å². The van der Waals surface area contributed by atoms with Gasteiger partial charge in [0, 0.05) is 11.4 Å². The van der Waals surface area contributed by atoms with Gasteiger partial charge in [0.15, 0.2) is 0 Å². The first-order chi connectivity index (χ1) is 10.2. The van der Waals surface area contributed by atoms with Gasteiger partial charge in [-0.3, -0.25) is 0 Å². The van der Waals surface area contributed by atoms with Crippen LogP contribution in [-0.4, -0.2) is 6.03 Å². The van der Waals surface area contributed by atoms with E-state index in [2.05, 4.69) is 29.7 Å². The van der Waals surface area contributed by atoms with E-state index in [0.29, 0.717) is 0 Å². The van der Waals surface area contributed by atoms with Crippen LogP contribution in [0.4, 0.5) is 16.2 Å². The van der Waals surface area contributed by atoms with Crippen LogP contribution in [0.3, 0.4) is 0 Å². The zero-order chi connectivity index (χ0) is 15.1. The van der Waals surface area contributed by atoms with E-state index in [1.807, 2.05) is 43.3 Å². The van der Waals surface area contributed by atoms with E-state index in [1.54, 1.807) is 0 Å². The van der Waals surface area contributed by atoms with Gasteiger partial charge in [-0.15, -0.1) is 0 Å². The van der Waals surface area contributed by atoms with E-state index in [-0.39, 0.29) is 6.03 Å². The number of carbonyl (C=O) groups is 1. The molecular weight excluding hydrogens is 260 g/mol. The Bertz CT molecular complexity index is 573. The molecule has 0 aliphatic heterocycles. The lowest BCUT2D eigenvalue weighted by Gasteiger charge is -2.08. The normalized spacial score (nSPS) is 10.2. The highest BCUT2D eigenvalue weighted by molar-refractivity contribution is 5.99. The van der Waals surface area contributed by atoms with E-state index in [0.717, 1.165) is 17.8 Å². The number of anilines is 2. The van der Waals surface area contributed by atoms with Gasteiger partial charge in [0.25, 0.3) is 0 Å². The summed E-state index contributed by atoms with van der Waals surface area (Å²) < 4.78 is 0. The summed E-state index contributed by atoms with van der Waals surface area (Å²) in [5.41, 5.74) is 4.07. The molecule has 2 rings (SSSR count). The molecule has 0 saturated heterocycles. The van der Waals surface area contributed by atoms with Crippen LogP contribution < -0.4 is 10.6 Å². The second kappa shape index (κ2) is 7.48. The number of benzene rings is 2. The van der Waals surface area contributed by atoms with Gasteiger partial charge in [0.1, 0.15) is 0 Å². The highest BCUT2D eigenvalue weighted by Crippen LogP contribution is 2.13. The van der Waals surface area contributed by atoms with Crippen LogP contribution in [0.5, 0.6) is 0 Å². The molecule has 2 aromatic carbocycles. The molecule has 0 spiro atoms. The minimum absolute atomic E-state index is 0.222. The van der Waals surface area contributed by atoms with Crippen molar-refractivity contribution in [2.24, 2.45) is 0 Å². The molecule has 0 atom stereocenters. The number of nitrogens with one attached hydrogen (secondary N) is 2. The molecule has 0 bridgehead atoms. The van der Waals surface area contributed by atoms with Crippen molar-refractivity contribution in [3.63, 3.8) is 0 Å². The van der Waals surface area contributed by atoms with Crippen molar-refractivity contribution >= 4 is 17.4 Å². The van der Waals surface area contributed by atoms with Gasteiger partial charge < -0.3 is 10.6 Å². The number of unbranched alkanes of at least 4 members (excludes halogenated alkanes) is 1. The van der Waals surface area contributed by atoms with E-state index in [9.17, 15) is 4.79 Å². The number of amides is 2. The first kappa shape index (κ1) is 15.1. The summed E-state index contributed by atoms with van der Waals surface area (Å²) in [6, 6.07) is 15.5. The highest BCUT2D eigenvalue weighted by atomic mass is 16.2. The Labute approximate surface area is 126 Å². The van der Waals surface area contributed by atoms with Crippen LogP contribution in [-0.2, 0) is 6.42 Å². The van der Waals surface area contributed by atoms with Crippen LogP contribution in [0.2, 0.25) is 0 Å². The van der Waals surface area contributed by atoms with Crippen molar-refractivity contribution < 1.29 is 4.79 Å². The van der Waals surface area contributed by atoms with Crippen molar-refractivity contribution in [1.82, 2.24) is 0 Å². The predicted molar refractivity (Wildman–Crippen MR) is 88.9 cm³/mol. The third-order valence-corrected chi connectivity index (χ3v) is 3.34. The maximum absolute atomic E-state index is 11.9. The highest BCUT2D eigenvalue weighted by Gasteiger charge is 2.02. The Morgan fingerprint density at radius 1 is 0.905 bits per heavy atom. The van der Waals surface area contributed by atoms with Crippen molar-refractivity contribution in [2.45, 2.75) is 33.1 Å². The number of hydrogen-bond donors (Lipinski definition) is 2. The standard InChI is InChI=1S/C18H22N2O/c1-3-4-5-15-8-12-17(13-9-15)20-18(21)19-16-10-6-14(2)7-11-16/h6-13H,3-5H2,1-2H3,(H2,19,20,21). The van der Waals surface area contributed by atoms with Gasteiger partial charge in [-0.2, -0.15) is 0 Å². The number of hydrogen-bond acceptors (Lipinski definition) is 1. The average molecular weight is 282 g/mol. The monoisotopic (exact) mass is 282 g/mol. The molecule has 0 aliphatic rings. The summed E-state index contributed by atoms with van der Waals surface area (Å²) in [5, 5.41) is 5.65. The van der Waals surface area contributed by atoms with E-state index >= 15 is 0 Å². The second-order valence-electron chi connectivity index (χ2n) is 5.25. The Balaban J connectivity index is 1.88. The second-order valence-corrected chi connectivity index (χ2v) is 5.25. The third-order valence-electron chi connectivity index (χ3n) is 3.34. The van der Waals surface area contributed by atoms with Gasteiger partial charge in [-0.05, 0) is 49.6 Å². The van der Waals surface area contributed by atoms with Gasteiger partial charge in [-0.1, -0.05) is 43.2 Å². The molecule has 0 heterocycles. The number of carbonyl (C=O) groups excluding carboxylic acids is 1. The van der Waals surface area contributed by atoms with Crippen LogP contribution in [0.1, 0.15) is 30.9 Å². The quantitative estimate of drug-likeness (QED) is 0.797. The first-order valence-electron chi connectivity index (χ1n) is 7.41. The SMILES string of the molecule is CCCCc1ccc(NC(=O)Nc2ccc(C)cc2)cc1. The first-order valence-corrected chi connectivity index (χ1v) is 7.41. The minimum Gasteiger partial charge on any atom is -0.308 e. The van der Waals surface area contributed by atoms with Gasteiger partial charge in [-0.25, -0.2) is 4.79 Å². The summed E-state index contributed by atoms with van der Waals surface area (Å²) in [5.74, 6) is 0. The molecule has 2 N–H and O–H groups in total. The summed E-state index contributed by atoms with van der Waals surface area (Å²) in [6.45, 7) is 4.20. The number of rotatable bonds is 5. The lowest BCUT2D eigenvalue weighted by atomic mass is 10.1. The molecule has 0 aliphatic carbocycles. The molecule has 2 aromatic rings. The predicted octanol–water partition coefficient (Wildman–Crippen LogP) is 4.98. The molecule has 0 fully saturated rings. The summed E-state index contributed by atoms with van der Waals surface area (Å²) in [7, 11) is 0. The molecule has 0 saturated carbocycles. The summed E-state index contributed by atoms with van der Waals surface area (Å²) in [4.78, 5) is 11.9. The fraction of sp³-hybridized carbons (Fsp3) is 0.278. The Morgan fingerprint density at radius 3 is 1.95 bits per heavy atom. The molecule has 21 heavy (non-hydrogen) atoms.